The van der Waals surface area contributed by atoms with Crippen molar-refractivity contribution in [1.29, 1.82) is 0 Å². The number of para-hydroxylation sites is 1. The Kier molecular flexibility index (Phi) is 2.54. The highest BCUT2D eigenvalue weighted by molar-refractivity contribution is 7.15. The van der Waals surface area contributed by atoms with E-state index in [1.54, 1.807) is 18.4 Å². The van der Waals surface area contributed by atoms with Crippen LogP contribution in [0.15, 0.2) is 53.9 Å². The van der Waals surface area contributed by atoms with Gasteiger partial charge in [0.25, 0.3) is 0 Å². The molecule has 0 atom stereocenters. The molecule has 3 heteroatoms. The van der Waals surface area contributed by atoms with Crippen LogP contribution in [0.5, 0.6) is 5.75 Å². The lowest BCUT2D eigenvalue weighted by molar-refractivity contribution is 0.415. The lowest BCUT2D eigenvalue weighted by Crippen LogP contribution is -1.81. The Hall–Kier alpha value is -2.26. The zero-order valence-electron chi connectivity index (χ0n) is 11.0. The number of thiophene rings is 1. The highest BCUT2D eigenvalue weighted by Gasteiger charge is 2.12. The van der Waals surface area contributed by atoms with Gasteiger partial charge in [-0.25, -0.2) is 0 Å². The van der Waals surface area contributed by atoms with E-state index < -0.39 is 0 Å². The number of H-pyrrole nitrogens is 1. The van der Waals surface area contributed by atoms with Crippen LogP contribution in [-0.4, -0.2) is 12.1 Å². The number of rotatable bonds is 2. The predicted octanol–water partition coefficient (Wildman–Crippen LogP) is 5.06. The van der Waals surface area contributed by atoms with Crippen molar-refractivity contribution < 1.29 is 4.74 Å². The Bertz CT molecular complexity index is 886. The molecule has 0 fully saturated rings. The van der Waals surface area contributed by atoms with E-state index in [-0.39, 0.29) is 0 Å². The second-order valence-corrected chi connectivity index (χ2v) is 5.63. The molecule has 2 aromatic heterocycles. The van der Waals surface area contributed by atoms with Crippen LogP contribution in [0.25, 0.3) is 32.2 Å². The molecular weight excluding hydrogens is 266 g/mol. The SMILES string of the molecule is COc1ccc(-c2scc3[nH]c4ccccc4c23)cc1. The zero-order chi connectivity index (χ0) is 13.5. The van der Waals surface area contributed by atoms with Gasteiger partial charge in [0.1, 0.15) is 5.75 Å². The Morgan fingerprint density at radius 3 is 2.55 bits per heavy atom. The van der Waals surface area contributed by atoms with Crippen LogP contribution < -0.4 is 4.74 Å². The van der Waals surface area contributed by atoms with E-state index in [0.717, 1.165) is 5.75 Å². The fraction of sp³-hybridized carbons (Fsp3) is 0.0588. The van der Waals surface area contributed by atoms with Gasteiger partial charge in [0, 0.05) is 26.5 Å². The third-order valence-electron chi connectivity index (χ3n) is 3.61. The largest absolute Gasteiger partial charge is 0.497 e. The van der Waals surface area contributed by atoms with Gasteiger partial charge in [-0.1, -0.05) is 18.2 Å². The molecule has 0 bridgehead atoms. The maximum absolute atomic E-state index is 5.23. The lowest BCUT2D eigenvalue weighted by Gasteiger charge is -2.02. The summed E-state index contributed by atoms with van der Waals surface area (Å²) in [6.07, 6.45) is 0. The number of ether oxygens (including phenoxy) is 1. The molecule has 0 saturated carbocycles. The summed E-state index contributed by atoms with van der Waals surface area (Å²) < 4.78 is 5.23. The standard InChI is InChI=1S/C17H13NOS/c1-19-12-8-6-11(7-9-12)17-16-13-4-2-3-5-14(13)18-15(16)10-20-17/h2-10,18H,1H3. The third-order valence-corrected chi connectivity index (χ3v) is 4.64. The minimum Gasteiger partial charge on any atom is -0.497 e. The smallest absolute Gasteiger partial charge is 0.118 e. The lowest BCUT2D eigenvalue weighted by atomic mass is 10.1. The van der Waals surface area contributed by atoms with Gasteiger partial charge in [0.2, 0.25) is 0 Å². The van der Waals surface area contributed by atoms with Gasteiger partial charge in [-0.3, -0.25) is 0 Å². The first kappa shape index (κ1) is 11.6. The molecule has 1 N–H and O–H groups in total. The van der Waals surface area contributed by atoms with E-state index in [1.807, 2.05) is 12.1 Å². The second kappa shape index (κ2) is 4.39. The van der Waals surface area contributed by atoms with Crippen molar-refractivity contribution in [2.75, 3.05) is 7.11 Å². The maximum Gasteiger partial charge on any atom is 0.118 e. The molecule has 0 amide bonds. The summed E-state index contributed by atoms with van der Waals surface area (Å²) in [7, 11) is 1.69. The number of hydrogen-bond acceptors (Lipinski definition) is 2. The number of aromatic amines is 1. The summed E-state index contributed by atoms with van der Waals surface area (Å²) in [5, 5.41) is 4.79. The van der Waals surface area contributed by atoms with Gasteiger partial charge < -0.3 is 9.72 Å². The summed E-state index contributed by atoms with van der Waals surface area (Å²) in [6, 6.07) is 16.7. The average molecular weight is 279 g/mol. The van der Waals surface area contributed by atoms with Crippen LogP contribution in [0.1, 0.15) is 0 Å². The number of benzene rings is 2. The second-order valence-electron chi connectivity index (χ2n) is 4.75. The minimum absolute atomic E-state index is 0.889. The maximum atomic E-state index is 5.23. The number of nitrogens with one attached hydrogen (secondary N) is 1. The topological polar surface area (TPSA) is 25.0 Å². The summed E-state index contributed by atoms with van der Waals surface area (Å²) in [5.74, 6) is 0.889. The van der Waals surface area contributed by atoms with Crippen LogP contribution in [0.2, 0.25) is 0 Å². The van der Waals surface area contributed by atoms with E-state index in [9.17, 15) is 0 Å². The fourth-order valence-electron chi connectivity index (χ4n) is 2.63. The summed E-state index contributed by atoms with van der Waals surface area (Å²) in [4.78, 5) is 4.78. The van der Waals surface area contributed by atoms with Crippen LogP contribution in [-0.2, 0) is 0 Å². The van der Waals surface area contributed by atoms with Gasteiger partial charge in [-0.15, -0.1) is 11.3 Å². The quantitative estimate of drug-likeness (QED) is 0.545. The molecular formula is C17H13NOS. The zero-order valence-corrected chi connectivity index (χ0v) is 11.8. The van der Waals surface area contributed by atoms with Crippen molar-refractivity contribution in [2.24, 2.45) is 0 Å². The van der Waals surface area contributed by atoms with Gasteiger partial charge in [0.15, 0.2) is 0 Å². The van der Waals surface area contributed by atoms with Crippen molar-refractivity contribution in [3.8, 4) is 16.2 Å². The Balaban J connectivity index is 1.98. The molecule has 0 saturated heterocycles. The molecule has 0 aliphatic carbocycles. The summed E-state index contributed by atoms with van der Waals surface area (Å²) >= 11 is 1.78. The van der Waals surface area contributed by atoms with Gasteiger partial charge in [-0.05, 0) is 35.9 Å². The van der Waals surface area contributed by atoms with Gasteiger partial charge in [-0.2, -0.15) is 0 Å². The van der Waals surface area contributed by atoms with E-state index in [2.05, 4.69) is 46.8 Å². The van der Waals surface area contributed by atoms with Crippen LogP contribution in [0.3, 0.4) is 0 Å². The van der Waals surface area contributed by atoms with Gasteiger partial charge in [0.05, 0.1) is 12.6 Å². The van der Waals surface area contributed by atoms with E-state index in [0.29, 0.717) is 0 Å². The van der Waals surface area contributed by atoms with Gasteiger partial charge >= 0.3 is 0 Å². The molecule has 4 rings (SSSR count). The van der Waals surface area contributed by atoms with Crippen LogP contribution >= 0.6 is 11.3 Å². The van der Waals surface area contributed by atoms with E-state index in [1.165, 1.54) is 32.2 Å². The minimum atomic E-state index is 0.889. The fourth-order valence-corrected chi connectivity index (χ4v) is 3.65. The van der Waals surface area contributed by atoms with Crippen molar-refractivity contribution in [1.82, 2.24) is 4.98 Å². The molecule has 2 heterocycles. The van der Waals surface area contributed by atoms with E-state index >= 15 is 0 Å². The van der Waals surface area contributed by atoms with Crippen LogP contribution in [0.4, 0.5) is 0 Å². The highest BCUT2D eigenvalue weighted by atomic mass is 32.1. The number of fused-ring (bicyclic) bond motifs is 3. The molecule has 0 aliphatic rings. The molecule has 0 unspecified atom stereocenters. The molecule has 0 aliphatic heterocycles. The normalized spacial score (nSPS) is 11.2. The molecule has 2 nitrogen and oxygen atoms in total. The Morgan fingerprint density at radius 2 is 1.75 bits per heavy atom. The molecule has 0 spiro atoms. The number of methoxy groups -OCH3 is 1. The highest BCUT2D eigenvalue weighted by Crippen LogP contribution is 2.39. The summed E-state index contributed by atoms with van der Waals surface area (Å²) in [6.45, 7) is 0. The van der Waals surface area contributed by atoms with Crippen LogP contribution in [0, 0.1) is 0 Å². The Morgan fingerprint density at radius 1 is 0.950 bits per heavy atom. The van der Waals surface area contributed by atoms with E-state index in [4.69, 9.17) is 4.74 Å². The first-order valence-corrected chi connectivity index (χ1v) is 7.37. The molecule has 2 aromatic carbocycles. The molecule has 4 aromatic rings. The number of aromatic nitrogens is 1. The number of hydrogen-bond donors (Lipinski definition) is 1. The molecule has 20 heavy (non-hydrogen) atoms. The summed E-state index contributed by atoms with van der Waals surface area (Å²) in [5.41, 5.74) is 3.64. The first-order chi connectivity index (χ1) is 9.86. The monoisotopic (exact) mass is 279 g/mol. The third kappa shape index (κ3) is 1.63. The van der Waals surface area contributed by atoms with Crippen molar-refractivity contribution >= 4 is 33.1 Å². The Labute approximate surface area is 120 Å². The first-order valence-electron chi connectivity index (χ1n) is 6.49. The predicted molar refractivity (Wildman–Crippen MR) is 85.7 cm³/mol. The molecule has 0 radical (unpaired) electrons. The average Bonchev–Trinajstić information content (AvgIpc) is 3.06. The molecule has 98 valence electrons. The van der Waals surface area contributed by atoms with Crippen molar-refractivity contribution in [3.63, 3.8) is 0 Å². The van der Waals surface area contributed by atoms with Crippen molar-refractivity contribution in [3.05, 3.63) is 53.9 Å². The van der Waals surface area contributed by atoms with Crippen molar-refractivity contribution in [2.45, 2.75) is 0 Å².